The summed E-state index contributed by atoms with van der Waals surface area (Å²) >= 11 is 1.45. The monoisotopic (exact) mass is 529 g/mol. The van der Waals surface area contributed by atoms with Gasteiger partial charge in [0.1, 0.15) is 17.4 Å². The Morgan fingerprint density at radius 1 is 1.14 bits per heavy atom. The van der Waals surface area contributed by atoms with Crippen LogP contribution in [-0.4, -0.2) is 53.6 Å². The van der Waals surface area contributed by atoms with Gasteiger partial charge in [0.05, 0.1) is 27.9 Å². The molecular formula is C24H24FN5O4S2. The molecule has 0 spiro atoms. The summed E-state index contributed by atoms with van der Waals surface area (Å²) < 4.78 is 48.1. The fourth-order valence-electron chi connectivity index (χ4n) is 4.19. The maximum absolute atomic E-state index is 13.2. The predicted molar refractivity (Wildman–Crippen MR) is 135 cm³/mol. The molecule has 0 bridgehead atoms. The highest BCUT2D eigenvalue weighted by atomic mass is 32.2. The Labute approximate surface area is 211 Å². The van der Waals surface area contributed by atoms with Gasteiger partial charge in [0.2, 0.25) is 21.1 Å². The number of benzene rings is 2. The highest BCUT2D eigenvalue weighted by molar-refractivity contribution is 7.89. The van der Waals surface area contributed by atoms with Crippen molar-refractivity contribution in [3.8, 4) is 10.9 Å². The molecule has 0 saturated carbocycles. The maximum atomic E-state index is 13.2. The second kappa shape index (κ2) is 9.60. The zero-order valence-electron chi connectivity index (χ0n) is 19.6. The van der Waals surface area contributed by atoms with Crippen LogP contribution in [0.5, 0.6) is 5.75 Å². The molecule has 1 amide bonds. The molecule has 1 N–H and O–H groups in total. The topological polar surface area (TPSA) is 106 Å². The van der Waals surface area contributed by atoms with Crippen LogP contribution in [0.25, 0.3) is 15.3 Å². The lowest BCUT2D eigenvalue weighted by Crippen LogP contribution is -2.41. The van der Waals surface area contributed by atoms with E-state index in [-0.39, 0.29) is 29.8 Å². The minimum Gasteiger partial charge on any atom is -0.497 e. The smallest absolute Gasteiger partial charge is 0.243 e. The van der Waals surface area contributed by atoms with Crippen molar-refractivity contribution in [2.75, 3.05) is 25.5 Å². The van der Waals surface area contributed by atoms with E-state index < -0.39 is 15.8 Å². The number of anilines is 1. The number of aromatic nitrogens is 3. The van der Waals surface area contributed by atoms with Crippen LogP contribution >= 0.6 is 11.3 Å². The third-order valence-electron chi connectivity index (χ3n) is 6.12. The summed E-state index contributed by atoms with van der Waals surface area (Å²) in [6.45, 7) is 2.24. The number of sulfonamides is 1. The number of thiazole rings is 1. The van der Waals surface area contributed by atoms with Crippen molar-refractivity contribution in [3.63, 3.8) is 0 Å². The lowest BCUT2D eigenvalue weighted by Gasteiger charge is -2.30. The molecule has 9 nitrogen and oxygen atoms in total. The van der Waals surface area contributed by atoms with E-state index >= 15 is 0 Å². The molecule has 1 saturated heterocycles. The van der Waals surface area contributed by atoms with Gasteiger partial charge in [-0.15, -0.1) is 0 Å². The van der Waals surface area contributed by atoms with Gasteiger partial charge in [0.15, 0.2) is 0 Å². The Kier molecular flexibility index (Phi) is 6.49. The van der Waals surface area contributed by atoms with E-state index in [0.29, 0.717) is 29.5 Å². The molecule has 0 atom stereocenters. The van der Waals surface area contributed by atoms with Crippen molar-refractivity contribution in [1.29, 1.82) is 0 Å². The average molecular weight is 530 g/mol. The number of amides is 1. The van der Waals surface area contributed by atoms with Crippen LogP contribution in [0, 0.1) is 18.7 Å². The largest absolute Gasteiger partial charge is 0.497 e. The zero-order chi connectivity index (χ0) is 25.4. The Balaban J connectivity index is 1.28. The molecule has 5 rings (SSSR count). The fourth-order valence-corrected chi connectivity index (χ4v) is 6.57. The van der Waals surface area contributed by atoms with E-state index in [1.54, 1.807) is 17.9 Å². The first-order valence-electron chi connectivity index (χ1n) is 11.3. The highest BCUT2D eigenvalue weighted by Crippen LogP contribution is 2.30. The van der Waals surface area contributed by atoms with Gasteiger partial charge in [0.25, 0.3) is 0 Å². The summed E-state index contributed by atoms with van der Waals surface area (Å²) in [5.74, 6) is 0.164. The van der Waals surface area contributed by atoms with Crippen molar-refractivity contribution in [1.82, 2.24) is 19.1 Å². The summed E-state index contributed by atoms with van der Waals surface area (Å²) in [6, 6.07) is 12.2. The number of piperidine rings is 1. The number of halogens is 1. The minimum absolute atomic E-state index is 0.0413. The number of rotatable bonds is 6. The van der Waals surface area contributed by atoms with Crippen molar-refractivity contribution in [3.05, 3.63) is 60.0 Å². The molecule has 3 heterocycles. The molecule has 12 heteroatoms. The molecule has 0 radical (unpaired) electrons. The number of aryl methyl sites for hydroxylation is 1. The van der Waals surface area contributed by atoms with Gasteiger partial charge in [-0.3, -0.25) is 4.79 Å². The molecule has 0 unspecified atom stereocenters. The van der Waals surface area contributed by atoms with Crippen LogP contribution in [0.15, 0.2) is 53.4 Å². The summed E-state index contributed by atoms with van der Waals surface area (Å²) in [7, 11) is -2.14. The van der Waals surface area contributed by atoms with Crippen molar-refractivity contribution in [2.24, 2.45) is 5.92 Å². The minimum atomic E-state index is -3.74. The lowest BCUT2D eigenvalue weighted by molar-refractivity contribution is -0.120. The quantitative estimate of drug-likeness (QED) is 0.405. The summed E-state index contributed by atoms with van der Waals surface area (Å²) in [5.41, 5.74) is 1.50. The van der Waals surface area contributed by atoms with Crippen LogP contribution in [-0.2, 0) is 14.8 Å². The number of hydrogen-bond donors (Lipinski definition) is 1. The van der Waals surface area contributed by atoms with E-state index in [2.05, 4.69) is 15.4 Å². The Bertz CT molecular complexity index is 1520. The van der Waals surface area contributed by atoms with Crippen LogP contribution in [0.4, 0.5) is 10.2 Å². The first-order chi connectivity index (χ1) is 17.2. The SMILES string of the molecule is COc1ccc2sc(-n3nc(C)cc3NC(=O)C3CCN(S(=O)(=O)c4ccc(F)cc4)CC3)nc2c1. The Morgan fingerprint density at radius 2 is 1.86 bits per heavy atom. The standard InChI is InChI=1S/C24H24FN5O4S2/c1-15-13-22(30(28-15)24-26-20-14-18(34-2)5-8-21(20)35-24)27-23(31)16-9-11-29(12-10-16)36(32,33)19-6-3-17(25)4-7-19/h3-8,13-14,16H,9-12H2,1-2H3,(H,27,31). The average Bonchev–Trinajstić information content (AvgIpc) is 3.46. The van der Waals surface area contributed by atoms with Gasteiger partial charge in [-0.05, 0) is 56.2 Å². The Morgan fingerprint density at radius 3 is 2.56 bits per heavy atom. The number of ether oxygens (including phenoxy) is 1. The van der Waals surface area contributed by atoms with Gasteiger partial charge < -0.3 is 10.1 Å². The number of fused-ring (bicyclic) bond motifs is 1. The summed E-state index contributed by atoms with van der Waals surface area (Å²) in [5, 5.41) is 8.07. The van der Waals surface area contributed by atoms with Gasteiger partial charge in [-0.2, -0.15) is 14.1 Å². The molecule has 36 heavy (non-hydrogen) atoms. The number of nitrogens with one attached hydrogen (secondary N) is 1. The van der Waals surface area contributed by atoms with Gasteiger partial charge in [-0.1, -0.05) is 11.3 Å². The second-order valence-corrected chi connectivity index (χ2v) is 11.5. The van der Waals surface area contributed by atoms with Gasteiger partial charge in [-0.25, -0.2) is 17.8 Å². The first kappa shape index (κ1) is 24.3. The van der Waals surface area contributed by atoms with E-state index in [1.807, 2.05) is 25.1 Å². The molecule has 2 aromatic heterocycles. The van der Waals surface area contributed by atoms with Crippen LogP contribution in [0.3, 0.4) is 0 Å². The van der Waals surface area contributed by atoms with Gasteiger partial charge in [0, 0.05) is 31.1 Å². The van der Waals surface area contributed by atoms with E-state index in [0.717, 1.165) is 28.0 Å². The van der Waals surface area contributed by atoms with E-state index in [1.165, 1.54) is 27.8 Å². The molecule has 1 aliphatic rings. The van der Waals surface area contributed by atoms with E-state index in [4.69, 9.17) is 4.74 Å². The van der Waals surface area contributed by atoms with Crippen LogP contribution in [0.2, 0.25) is 0 Å². The van der Waals surface area contributed by atoms with Gasteiger partial charge >= 0.3 is 0 Å². The predicted octanol–water partition coefficient (Wildman–Crippen LogP) is 3.98. The second-order valence-electron chi connectivity index (χ2n) is 8.53. The molecular weight excluding hydrogens is 505 g/mol. The molecule has 2 aromatic carbocycles. The van der Waals surface area contributed by atoms with Crippen molar-refractivity contribution >= 4 is 43.3 Å². The third-order valence-corrected chi connectivity index (χ3v) is 9.05. The molecule has 0 aliphatic carbocycles. The number of carbonyl (C=O) groups excluding carboxylic acids is 1. The first-order valence-corrected chi connectivity index (χ1v) is 13.6. The van der Waals surface area contributed by atoms with E-state index in [9.17, 15) is 17.6 Å². The number of hydrogen-bond acceptors (Lipinski definition) is 7. The fraction of sp³-hybridized carbons (Fsp3) is 0.292. The third kappa shape index (κ3) is 4.71. The summed E-state index contributed by atoms with van der Waals surface area (Å²) in [4.78, 5) is 17.8. The summed E-state index contributed by atoms with van der Waals surface area (Å²) in [6.07, 6.45) is 0.751. The highest BCUT2D eigenvalue weighted by Gasteiger charge is 2.32. The van der Waals surface area contributed by atoms with Crippen molar-refractivity contribution < 1.29 is 22.3 Å². The normalized spacial score (nSPS) is 15.3. The molecule has 1 aliphatic heterocycles. The molecule has 1 fully saturated rings. The molecule has 4 aromatic rings. The number of nitrogens with zero attached hydrogens (tertiary/aromatic N) is 4. The lowest BCUT2D eigenvalue weighted by atomic mass is 9.97. The van der Waals surface area contributed by atoms with Crippen LogP contribution in [0.1, 0.15) is 18.5 Å². The molecule has 188 valence electrons. The number of methoxy groups -OCH3 is 1. The van der Waals surface area contributed by atoms with Crippen molar-refractivity contribution in [2.45, 2.75) is 24.7 Å². The zero-order valence-corrected chi connectivity index (χ0v) is 21.3. The number of carbonyl (C=O) groups is 1. The van der Waals surface area contributed by atoms with Crippen LogP contribution < -0.4 is 10.1 Å². The maximum Gasteiger partial charge on any atom is 0.243 e. The Hall–Kier alpha value is -3.35.